The third kappa shape index (κ3) is 3.33. The van der Waals surface area contributed by atoms with Crippen LogP contribution in [0.25, 0.3) is 0 Å². The van der Waals surface area contributed by atoms with Crippen molar-refractivity contribution < 1.29 is 17.9 Å². The van der Waals surface area contributed by atoms with Crippen molar-refractivity contribution in [3.8, 4) is 11.5 Å². The molecule has 5 nitrogen and oxygen atoms in total. The van der Waals surface area contributed by atoms with E-state index in [1.807, 2.05) is 19.9 Å². The zero-order valence-corrected chi connectivity index (χ0v) is 13.8. The summed E-state index contributed by atoms with van der Waals surface area (Å²) in [5.41, 5.74) is 2.05. The Morgan fingerprint density at radius 3 is 2.36 bits per heavy atom. The van der Waals surface area contributed by atoms with Crippen molar-refractivity contribution in [3.63, 3.8) is 0 Å². The highest BCUT2D eigenvalue weighted by atomic mass is 32.2. The second-order valence-corrected chi connectivity index (χ2v) is 6.60. The van der Waals surface area contributed by atoms with Crippen LogP contribution >= 0.6 is 0 Å². The SMILES string of the molecule is COc1cccc(NS(=O)(=O)c2cc(C)cc(C)c2OC)c1. The Morgan fingerprint density at radius 1 is 1.00 bits per heavy atom. The summed E-state index contributed by atoms with van der Waals surface area (Å²) in [6, 6.07) is 10.2. The molecule has 0 fully saturated rings. The first-order valence-electron chi connectivity index (χ1n) is 6.69. The number of hydrogen-bond donors (Lipinski definition) is 1. The van der Waals surface area contributed by atoms with Crippen LogP contribution in [0.2, 0.25) is 0 Å². The maximum absolute atomic E-state index is 12.7. The van der Waals surface area contributed by atoms with Crippen LogP contribution in [0.1, 0.15) is 11.1 Å². The molecule has 0 aromatic heterocycles. The molecule has 6 heteroatoms. The summed E-state index contributed by atoms with van der Waals surface area (Å²) in [5, 5.41) is 0. The summed E-state index contributed by atoms with van der Waals surface area (Å²) in [4.78, 5) is 0.121. The smallest absolute Gasteiger partial charge is 0.265 e. The summed E-state index contributed by atoms with van der Waals surface area (Å²) >= 11 is 0. The van der Waals surface area contributed by atoms with E-state index in [-0.39, 0.29) is 4.90 Å². The van der Waals surface area contributed by atoms with Crippen LogP contribution in [0.4, 0.5) is 5.69 Å². The molecule has 2 aromatic rings. The molecule has 118 valence electrons. The molecular weight excluding hydrogens is 302 g/mol. The minimum Gasteiger partial charge on any atom is -0.497 e. The van der Waals surface area contributed by atoms with Crippen molar-refractivity contribution in [2.24, 2.45) is 0 Å². The maximum atomic E-state index is 12.7. The molecule has 0 radical (unpaired) electrons. The lowest BCUT2D eigenvalue weighted by molar-refractivity contribution is 0.399. The van der Waals surface area contributed by atoms with Crippen LogP contribution in [0.5, 0.6) is 11.5 Å². The first kappa shape index (κ1) is 16.2. The zero-order valence-electron chi connectivity index (χ0n) is 13.0. The summed E-state index contributed by atoms with van der Waals surface area (Å²) in [7, 11) is -0.768. The number of methoxy groups -OCH3 is 2. The van der Waals surface area contributed by atoms with Gasteiger partial charge in [0.1, 0.15) is 16.4 Å². The third-order valence-corrected chi connectivity index (χ3v) is 4.59. The Labute approximate surface area is 130 Å². The molecule has 0 spiro atoms. The van der Waals surface area contributed by atoms with Gasteiger partial charge in [0.05, 0.1) is 19.9 Å². The van der Waals surface area contributed by atoms with Crippen molar-refractivity contribution >= 4 is 15.7 Å². The molecule has 0 saturated carbocycles. The van der Waals surface area contributed by atoms with E-state index in [0.29, 0.717) is 17.2 Å². The lowest BCUT2D eigenvalue weighted by atomic mass is 10.1. The Balaban J connectivity index is 2.46. The largest absolute Gasteiger partial charge is 0.497 e. The number of ether oxygens (including phenoxy) is 2. The van der Waals surface area contributed by atoms with Crippen molar-refractivity contribution in [3.05, 3.63) is 47.5 Å². The summed E-state index contributed by atoms with van der Waals surface area (Å²) in [5.74, 6) is 0.925. The van der Waals surface area contributed by atoms with E-state index in [2.05, 4.69) is 4.72 Å². The fraction of sp³-hybridized carbons (Fsp3) is 0.250. The molecule has 1 N–H and O–H groups in total. The molecular formula is C16H19NO4S. The van der Waals surface area contributed by atoms with Gasteiger partial charge in [0.15, 0.2) is 0 Å². The highest BCUT2D eigenvalue weighted by Crippen LogP contribution is 2.31. The van der Waals surface area contributed by atoms with E-state index in [0.717, 1.165) is 11.1 Å². The number of hydrogen-bond acceptors (Lipinski definition) is 4. The first-order chi connectivity index (χ1) is 10.4. The Hall–Kier alpha value is -2.21. The van der Waals surface area contributed by atoms with Crippen LogP contribution in [-0.2, 0) is 10.0 Å². The number of sulfonamides is 1. The van der Waals surface area contributed by atoms with E-state index in [1.165, 1.54) is 14.2 Å². The van der Waals surface area contributed by atoms with Gasteiger partial charge in [0.25, 0.3) is 10.0 Å². The van der Waals surface area contributed by atoms with E-state index in [4.69, 9.17) is 9.47 Å². The summed E-state index contributed by atoms with van der Waals surface area (Å²) < 4.78 is 38.2. The fourth-order valence-electron chi connectivity index (χ4n) is 2.27. The average Bonchev–Trinajstić information content (AvgIpc) is 2.46. The minimum atomic E-state index is -3.76. The van der Waals surface area contributed by atoms with Gasteiger partial charge in [0.2, 0.25) is 0 Å². The molecule has 0 aliphatic carbocycles. The Morgan fingerprint density at radius 2 is 1.73 bits per heavy atom. The quantitative estimate of drug-likeness (QED) is 0.919. The van der Waals surface area contributed by atoms with Gasteiger partial charge in [-0.15, -0.1) is 0 Å². The molecule has 0 amide bonds. The summed E-state index contributed by atoms with van der Waals surface area (Å²) in [6.07, 6.45) is 0. The minimum absolute atomic E-state index is 0.121. The van der Waals surface area contributed by atoms with E-state index >= 15 is 0 Å². The van der Waals surface area contributed by atoms with Gasteiger partial charge >= 0.3 is 0 Å². The second-order valence-electron chi connectivity index (χ2n) is 4.95. The van der Waals surface area contributed by atoms with Gasteiger partial charge in [-0.3, -0.25) is 4.72 Å². The van der Waals surface area contributed by atoms with E-state index < -0.39 is 10.0 Å². The second kappa shape index (κ2) is 6.27. The molecule has 0 heterocycles. The van der Waals surface area contributed by atoms with Gasteiger partial charge in [-0.2, -0.15) is 0 Å². The lowest BCUT2D eigenvalue weighted by Crippen LogP contribution is -2.15. The molecule has 0 unspecified atom stereocenters. The van der Waals surface area contributed by atoms with E-state index in [1.54, 1.807) is 30.3 Å². The molecule has 0 aliphatic rings. The number of rotatable bonds is 5. The van der Waals surface area contributed by atoms with E-state index in [9.17, 15) is 8.42 Å². The highest BCUT2D eigenvalue weighted by Gasteiger charge is 2.21. The molecule has 0 bridgehead atoms. The molecule has 22 heavy (non-hydrogen) atoms. The number of anilines is 1. The number of nitrogens with one attached hydrogen (secondary N) is 1. The zero-order chi connectivity index (χ0) is 16.3. The van der Waals surface area contributed by atoms with Crippen LogP contribution in [0.15, 0.2) is 41.3 Å². The third-order valence-electron chi connectivity index (χ3n) is 3.20. The standard InChI is InChI=1S/C16H19NO4S/c1-11-8-12(2)16(21-4)15(9-11)22(18,19)17-13-6-5-7-14(10-13)20-3/h5-10,17H,1-4H3. The van der Waals surface area contributed by atoms with Crippen molar-refractivity contribution in [2.45, 2.75) is 18.7 Å². The maximum Gasteiger partial charge on any atom is 0.265 e. The lowest BCUT2D eigenvalue weighted by Gasteiger charge is -2.15. The van der Waals surface area contributed by atoms with Crippen LogP contribution < -0.4 is 14.2 Å². The predicted octanol–water partition coefficient (Wildman–Crippen LogP) is 3.12. The highest BCUT2D eigenvalue weighted by molar-refractivity contribution is 7.92. The molecule has 0 atom stereocenters. The predicted molar refractivity (Wildman–Crippen MR) is 86.3 cm³/mol. The molecule has 2 aromatic carbocycles. The number of benzene rings is 2. The van der Waals surface area contributed by atoms with Gasteiger partial charge in [-0.25, -0.2) is 8.42 Å². The summed E-state index contributed by atoms with van der Waals surface area (Å²) in [6.45, 7) is 3.66. The average molecular weight is 321 g/mol. The van der Waals surface area contributed by atoms with Crippen LogP contribution in [0, 0.1) is 13.8 Å². The van der Waals surface area contributed by atoms with Crippen molar-refractivity contribution in [1.29, 1.82) is 0 Å². The fourth-order valence-corrected chi connectivity index (χ4v) is 3.65. The van der Waals surface area contributed by atoms with Crippen LogP contribution in [0.3, 0.4) is 0 Å². The van der Waals surface area contributed by atoms with Crippen LogP contribution in [-0.4, -0.2) is 22.6 Å². The first-order valence-corrected chi connectivity index (χ1v) is 8.18. The normalized spacial score (nSPS) is 11.1. The molecule has 0 aliphatic heterocycles. The van der Waals surface area contributed by atoms with Crippen molar-refractivity contribution in [2.75, 3.05) is 18.9 Å². The Bertz CT molecular complexity index is 785. The van der Waals surface area contributed by atoms with Gasteiger partial charge in [-0.05, 0) is 43.2 Å². The Kier molecular flexibility index (Phi) is 4.61. The van der Waals surface area contributed by atoms with Gasteiger partial charge in [-0.1, -0.05) is 12.1 Å². The number of aryl methyl sites for hydroxylation is 2. The van der Waals surface area contributed by atoms with Gasteiger partial charge < -0.3 is 9.47 Å². The van der Waals surface area contributed by atoms with Crippen molar-refractivity contribution in [1.82, 2.24) is 0 Å². The molecule has 0 saturated heterocycles. The molecule has 2 rings (SSSR count). The van der Waals surface area contributed by atoms with Gasteiger partial charge in [0, 0.05) is 6.07 Å². The topological polar surface area (TPSA) is 64.6 Å². The monoisotopic (exact) mass is 321 g/mol.